The number of ketones is 1. The zero-order valence-electron chi connectivity index (χ0n) is 13.8. The molecule has 0 saturated carbocycles. The molecule has 0 atom stereocenters. The maximum absolute atomic E-state index is 12.1. The number of hydrogen-bond donors (Lipinski definition) is 3. The molecule has 0 fully saturated rings. The van der Waals surface area contributed by atoms with Crippen molar-refractivity contribution in [2.24, 2.45) is 0 Å². The van der Waals surface area contributed by atoms with Gasteiger partial charge < -0.3 is 20.4 Å². The third kappa shape index (κ3) is 5.94. The van der Waals surface area contributed by atoms with E-state index in [0.29, 0.717) is 11.3 Å². The number of aliphatic hydroxyl groups is 2. The van der Waals surface area contributed by atoms with Gasteiger partial charge in [-0.25, -0.2) is 0 Å². The van der Waals surface area contributed by atoms with Gasteiger partial charge in [0.2, 0.25) is 5.91 Å². The second kappa shape index (κ2) is 9.59. The van der Waals surface area contributed by atoms with E-state index in [0.717, 1.165) is 6.08 Å². The summed E-state index contributed by atoms with van der Waals surface area (Å²) >= 11 is 0. The van der Waals surface area contributed by atoms with Gasteiger partial charge in [-0.3, -0.25) is 14.4 Å². The number of carbonyl (C=O) groups excluding carboxylic acids is 3. The van der Waals surface area contributed by atoms with E-state index >= 15 is 0 Å². The van der Waals surface area contributed by atoms with Crippen molar-refractivity contribution in [3.63, 3.8) is 0 Å². The molecule has 3 N–H and O–H groups in total. The van der Waals surface area contributed by atoms with Crippen molar-refractivity contribution in [1.82, 2.24) is 4.90 Å². The van der Waals surface area contributed by atoms with Crippen LogP contribution in [-0.2, 0) is 9.59 Å². The molecule has 0 aliphatic rings. The first kappa shape index (κ1) is 19.5. The summed E-state index contributed by atoms with van der Waals surface area (Å²) in [5.74, 6) is -0.980. The molecular formula is C17H22N2O5. The number of amides is 2. The number of nitrogens with zero attached hydrogens (tertiary/aromatic N) is 1. The zero-order chi connectivity index (χ0) is 18.1. The van der Waals surface area contributed by atoms with Crippen molar-refractivity contribution < 1.29 is 24.6 Å². The van der Waals surface area contributed by atoms with Crippen molar-refractivity contribution in [3.8, 4) is 0 Å². The van der Waals surface area contributed by atoms with E-state index in [-0.39, 0.29) is 37.7 Å². The van der Waals surface area contributed by atoms with Crippen molar-refractivity contribution in [3.05, 3.63) is 41.5 Å². The Labute approximate surface area is 140 Å². The van der Waals surface area contributed by atoms with Crippen LogP contribution >= 0.6 is 0 Å². The SMILES string of the molecule is CC(=O)c1ccc(NC(=O)/C(C)=C\C(=O)N(CCO)CCO)cc1. The summed E-state index contributed by atoms with van der Waals surface area (Å²) in [6.45, 7) is 2.65. The molecule has 0 saturated heterocycles. The van der Waals surface area contributed by atoms with Crippen LogP contribution in [0.4, 0.5) is 5.69 Å². The van der Waals surface area contributed by atoms with Crippen LogP contribution in [-0.4, -0.2) is 59.0 Å². The van der Waals surface area contributed by atoms with Gasteiger partial charge in [0.15, 0.2) is 5.78 Å². The van der Waals surface area contributed by atoms with Crippen LogP contribution in [0, 0.1) is 0 Å². The van der Waals surface area contributed by atoms with Crippen LogP contribution in [0.15, 0.2) is 35.9 Å². The Morgan fingerprint density at radius 2 is 1.58 bits per heavy atom. The first-order chi connectivity index (χ1) is 11.4. The highest BCUT2D eigenvalue weighted by molar-refractivity contribution is 6.07. The molecule has 1 aromatic carbocycles. The van der Waals surface area contributed by atoms with Crippen LogP contribution < -0.4 is 5.32 Å². The van der Waals surface area contributed by atoms with Gasteiger partial charge >= 0.3 is 0 Å². The van der Waals surface area contributed by atoms with Gasteiger partial charge in [0.05, 0.1) is 13.2 Å². The average molecular weight is 334 g/mol. The molecule has 1 rings (SSSR count). The zero-order valence-corrected chi connectivity index (χ0v) is 13.8. The number of carbonyl (C=O) groups is 3. The summed E-state index contributed by atoms with van der Waals surface area (Å²) in [5, 5.41) is 20.5. The van der Waals surface area contributed by atoms with E-state index < -0.39 is 11.8 Å². The predicted molar refractivity (Wildman–Crippen MR) is 89.6 cm³/mol. The minimum atomic E-state index is -0.460. The topological polar surface area (TPSA) is 107 Å². The van der Waals surface area contributed by atoms with E-state index in [9.17, 15) is 14.4 Å². The minimum absolute atomic E-state index is 0.0672. The molecule has 0 spiro atoms. The summed E-state index contributed by atoms with van der Waals surface area (Å²) < 4.78 is 0. The lowest BCUT2D eigenvalue weighted by Gasteiger charge is -2.19. The Hall–Kier alpha value is -2.51. The second-order valence-corrected chi connectivity index (χ2v) is 5.19. The highest BCUT2D eigenvalue weighted by Crippen LogP contribution is 2.11. The molecule has 2 amide bonds. The Balaban J connectivity index is 2.74. The van der Waals surface area contributed by atoms with Crippen LogP contribution in [0.25, 0.3) is 0 Å². The molecule has 0 heterocycles. The first-order valence-electron chi connectivity index (χ1n) is 7.50. The largest absolute Gasteiger partial charge is 0.395 e. The van der Waals surface area contributed by atoms with E-state index in [1.165, 1.54) is 18.7 Å². The predicted octanol–water partition coefficient (Wildman–Crippen LogP) is 0.587. The Morgan fingerprint density at radius 3 is 2.04 bits per heavy atom. The van der Waals surface area contributed by atoms with E-state index in [2.05, 4.69) is 5.32 Å². The van der Waals surface area contributed by atoms with Crippen LogP contribution in [0.2, 0.25) is 0 Å². The number of rotatable bonds is 8. The van der Waals surface area contributed by atoms with Crippen molar-refractivity contribution in [2.45, 2.75) is 13.8 Å². The fourth-order valence-corrected chi connectivity index (χ4v) is 1.93. The molecule has 0 aliphatic heterocycles. The second-order valence-electron chi connectivity index (χ2n) is 5.19. The third-order valence-electron chi connectivity index (χ3n) is 3.30. The average Bonchev–Trinajstić information content (AvgIpc) is 2.54. The number of benzene rings is 1. The fourth-order valence-electron chi connectivity index (χ4n) is 1.93. The van der Waals surface area contributed by atoms with E-state index in [4.69, 9.17) is 10.2 Å². The van der Waals surface area contributed by atoms with Gasteiger partial charge in [0, 0.05) is 36.0 Å². The van der Waals surface area contributed by atoms with Gasteiger partial charge in [-0.15, -0.1) is 0 Å². The standard InChI is InChI=1S/C17H22N2O5/c1-12(11-16(23)19(7-9-20)8-10-21)17(24)18-15-5-3-14(4-6-15)13(2)22/h3-6,11,20-21H,7-10H2,1-2H3,(H,18,24)/b12-11-. The lowest BCUT2D eigenvalue weighted by molar-refractivity contribution is -0.127. The fraction of sp³-hybridized carbons (Fsp3) is 0.353. The van der Waals surface area contributed by atoms with Gasteiger partial charge in [0.25, 0.3) is 5.91 Å². The molecule has 0 radical (unpaired) electrons. The lowest BCUT2D eigenvalue weighted by atomic mass is 10.1. The number of nitrogens with one attached hydrogen (secondary N) is 1. The van der Waals surface area contributed by atoms with Gasteiger partial charge in [-0.05, 0) is 38.1 Å². The van der Waals surface area contributed by atoms with E-state index in [1.807, 2.05) is 0 Å². The summed E-state index contributed by atoms with van der Waals surface area (Å²) in [6.07, 6.45) is 1.16. The number of hydrogen-bond acceptors (Lipinski definition) is 5. The first-order valence-corrected chi connectivity index (χ1v) is 7.50. The molecule has 0 unspecified atom stereocenters. The highest BCUT2D eigenvalue weighted by Gasteiger charge is 2.13. The van der Waals surface area contributed by atoms with Crippen LogP contribution in [0.1, 0.15) is 24.2 Å². The van der Waals surface area contributed by atoms with Crippen LogP contribution in [0.3, 0.4) is 0 Å². The summed E-state index contributed by atoms with van der Waals surface area (Å²) in [5.41, 5.74) is 1.24. The quantitative estimate of drug-likeness (QED) is 0.476. The third-order valence-corrected chi connectivity index (χ3v) is 3.30. The Bertz CT molecular complexity index is 616. The molecule has 0 bridgehead atoms. The van der Waals surface area contributed by atoms with Gasteiger partial charge in [0.1, 0.15) is 0 Å². The number of aliphatic hydroxyl groups excluding tert-OH is 2. The van der Waals surface area contributed by atoms with Gasteiger partial charge in [-0.1, -0.05) is 0 Å². The summed E-state index contributed by atoms with van der Waals surface area (Å²) in [7, 11) is 0. The Morgan fingerprint density at radius 1 is 1.04 bits per heavy atom. The molecule has 130 valence electrons. The summed E-state index contributed by atoms with van der Waals surface area (Å²) in [6, 6.07) is 6.42. The molecule has 0 aromatic heterocycles. The molecule has 7 nitrogen and oxygen atoms in total. The normalized spacial score (nSPS) is 11.1. The molecule has 0 aliphatic carbocycles. The highest BCUT2D eigenvalue weighted by atomic mass is 16.3. The molecule has 1 aromatic rings. The maximum atomic E-state index is 12.1. The lowest BCUT2D eigenvalue weighted by Crippen LogP contribution is -2.35. The molecular weight excluding hydrogens is 312 g/mol. The number of anilines is 1. The van der Waals surface area contributed by atoms with Crippen molar-refractivity contribution in [1.29, 1.82) is 0 Å². The van der Waals surface area contributed by atoms with E-state index in [1.54, 1.807) is 24.3 Å². The monoisotopic (exact) mass is 334 g/mol. The molecule has 7 heteroatoms. The Kier molecular flexibility index (Phi) is 7.81. The van der Waals surface area contributed by atoms with Crippen molar-refractivity contribution >= 4 is 23.3 Å². The van der Waals surface area contributed by atoms with Crippen molar-refractivity contribution in [2.75, 3.05) is 31.6 Å². The van der Waals surface area contributed by atoms with Gasteiger partial charge in [-0.2, -0.15) is 0 Å². The maximum Gasteiger partial charge on any atom is 0.251 e. The summed E-state index contributed by atoms with van der Waals surface area (Å²) in [4.78, 5) is 36.6. The number of Topliss-reactive ketones (excluding diaryl/α,β-unsaturated/α-hetero) is 1. The minimum Gasteiger partial charge on any atom is -0.395 e. The van der Waals surface area contributed by atoms with Crippen LogP contribution in [0.5, 0.6) is 0 Å². The molecule has 24 heavy (non-hydrogen) atoms. The smallest absolute Gasteiger partial charge is 0.251 e.